The van der Waals surface area contributed by atoms with Gasteiger partial charge in [-0.1, -0.05) is 12.1 Å². The van der Waals surface area contributed by atoms with Crippen LogP contribution in [-0.4, -0.2) is 40.7 Å². The van der Waals surface area contributed by atoms with Crippen molar-refractivity contribution in [2.75, 3.05) is 24.7 Å². The van der Waals surface area contributed by atoms with Crippen molar-refractivity contribution in [3.8, 4) is 0 Å². The fourth-order valence-electron chi connectivity index (χ4n) is 2.36. The van der Waals surface area contributed by atoms with Gasteiger partial charge in [0.15, 0.2) is 0 Å². The second-order valence-electron chi connectivity index (χ2n) is 5.03. The predicted octanol–water partition coefficient (Wildman–Crippen LogP) is 2.25. The zero-order valence-electron chi connectivity index (χ0n) is 12.3. The minimum absolute atomic E-state index is 0.0573. The molecule has 4 nitrogen and oxygen atoms in total. The molecule has 0 unspecified atom stereocenters. The minimum atomic E-state index is 0.0573. The number of aliphatic hydroxyl groups is 1. The number of fused-ring (bicyclic) bond motifs is 1. The number of rotatable bonds is 8. The van der Waals surface area contributed by atoms with E-state index in [0.717, 1.165) is 34.4 Å². The van der Waals surface area contributed by atoms with E-state index >= 15 is 0 Å². The lowest BCUT2D eigenvalue weighted by atomic mass is 10.1. The van der Waals surface area contributed by atoms with Crippen LogP contribution in [0.4, 0.5) is 0 Å². The number of carbonyl (C=O) groups excluding carboxylic acids is 1. The second-order valence-corrected chi connectivity index (χ2v) is 6.25. The summed E-state index contributed by atoms with van der Waals surface area (Å²) in [7, 11) is 0. The highest BCUT2D eigenvalue weighted by Gasteiger charge is 2.09. The molecule has 0 saturated carbocycles. The maximum atomic E-state index is 12.0. The van der Waals surface area contributed by atoms with Crippen molar-refractivity contribution in [1.82, 2.24) is 10.3 Å². The molecule has 2 aromatic rings. The van der Waals surface area contributed by atoms with Gasteiger partial charge in [0.05, 0.1) is 6.42 Å². The maximum absolute atomic E-state index is 12.0. The van der Waals surface area contributed by atoms with Gasteiger partial charge >= 0.3 is 0 Å². The number of carbonyl (C=O) groups is 1. The van der Waals surface area contributed by atoms with Crippen LogP contribution in [0.2, 0.25) is 0 Å². The Morgan fingerprint density at radius 3 is 3.05 bits per heavy atom. The molecule has 0 aliphatic carbocycles. The van der Waals surface area contributed by atoms with Gasteiger partial charge in [-0.25, -0.2) is 0 Å². The molecule has 1 aromatic carbocycles. The number of thioether (sulfide) groups is 1. The number of aromatic nitrogens is 1. The van der Waals surface area contributed by atoms with Crippen molar-refractivity contribution in [3.63, 3.8) is 0 Å². The lowest BCUT2D eigenvalue weighted by Crippen LogP contribution is -2.27. The minimum Gasteiger partial charge on any atom is -0.396 e. The van der Waals surface area contributed by atoms with Crippen molar-refractivity contribution in [2.24, 2.45) is 0 Å². The molecule has 0 radical (unpaired) electrons. The summed E-state index contributed by atoms with van der Waals surface area (Å²) in [5.41, 5.74) is 3.32. The Balaban J connectivity index is 1.82. The number of hydrogen-bond donors (Lipinski definition) is 3. The number of amides is 1. The average molecular weight is 306 g/mol. The molecule has 0 fully saturated rings. The summed E-state index contributed by atoms with van der Waals surface area (Å²) >= 11 is 1.75. The zero-order valence-corrected chi connectivity index (χ0v) is 13.1. The highest BCUT2D eigenvalue weighted by molar-refractivity contribution is 7.99. The van der Waals surface area contributed by atoms with Crippen molar-refractivity contribution in [1.29, 1.82) is 0 Å². The van der Waals surface area contributed by atoms with Gasteiger partial charge in [-0.2, -0.15) is 11.8 Å². The Labute approximate surface area is 129 Å². The van der Waals surface area contributed by atoms with Crippen LogP contribution in [0.3, 0.4) is 0 Å². The number of benzene rings is 1. The third-order valence-electron chi connectivity index (χ3n) is 3.36. The van der Waals surface area contributed by atoms with Gasteiger partial charge in [0.1, 0.15) is 0 Å². The van der Waals surface area contributed by atoms with Crippen molar-refractivity contribution in [2.45, 2.75) is 19.8 Å². The van der Waals surface area contributed by atoms with E-state index in [1.54, 1.807) is 11.8 Å². The van der Waals surface area contributed by atoms with E-state index in [1.807, 2.05) is 18.3 Å². The number of H-pyrrole nitrogens is 1. The number of aliphatic hydroxyl groups excluding tert-OH is 1. The summed E-state index contributed by atoms with van der Waals surface area (Å²) in [5, 5.41) is 12.8. The number of nitrogens with one attached hydrogen (secondary N) is 2. The molecule has 1 amide bonds. The summed E-state index contributed by atoms with van der Waals surface area (Å²) < 4.78 is 0. The molecule has 1 aromatic heterocycles. The second kappa shape index (κ2) is 8.10. The van der Waals surface area contributed by atoms with Crippen molar-refractivity contribution >= 4 is 28.6 Å². The van der Waals surface area contributed by atoms with Gasteiger partial charge in [-0.3, -0.25) is 4.79 Å². The van der Waals surface area contributed by atoms with E-state index in [0.29, 0.717) is 13.0 Å². The van der Waals surface area contributed by atoms with Gasteiger partial charge < -0.3 is 15.4 Å². The first-order chi connectivity index (χ1) is 10.2. The third kappa shape index (κ3) is 4.51. The Morgan fingerprint density at radius 1 is 1.38 bits per heavy atom. The molecule has 0 aliphatic rings. The maximum Gasteiger partial charge on any atom is 0.224 e. The fourth-order valence-corrected chi connectivity index (χ4v) is 3.14. The molecule has 0 bridgehead atoms. The first-order valence-electron chi connectivity index (χ1n) is 7.23. The summed E-state index contributed by atoms with van der Waals surface area (Å²) in [6.45, 7) is 2.98. The number of aryl methyl sites for hydroxylation is 1. The SMILES string of the molecule is Cc1cccc2[nH]cc(CC(=O)NCCSCCCO)c12. The smallest absolute Gasteiger partial charge is 0.224 e. The fraction of sp³-hybridized carbons (Fsp3) is 0.438. The largest absolute Gasteiger partial charge is 0.396 e. The Morgan fingerprint density at radius 2 is 2.24 bits per heavy atom. The van der Waals surface area contributed by atoms with E-state index in [-0.39, 0.29) is 12.5 Å². The van der Waals surface area contributed by atoms with E-state index in [1.165, 1.54) is 5.56 Å². The Hall–Kier alpha value is -1.46. The van der Waals surface area contributed by atoms with Crippen LogP contribution in [0.5, 0.6) is 0 Å². The third-order valence-corrected chi connectivity index (χ3v) is 4.43. The highest BCUT2D eigenvalue weighted by Crippen LogP contribution is 2.22. The van der Waals surface area contributed by atoms with Crippen LogP contribution in [0.1, 0.15) is 17.5 Å². The molecular weight excluding hydrogens is 284 g/mol. The standard InChI is InChI=1S/C16H22N2O2S/c1-12-4-2-5-14-16(12)13(11-18-14)10-15(20)17-6-9-21-8-3-7-19/h2,4-5,11,18-19H,3,6-10H2,1H3,(H,17,20). The quantitative estimate of drug-likeness (QED) is 0.655. The van der Waals surface area contributed by atoms with Crippen molar-refractivity contribution in [3.05, 3.63) is 35.5 Å². The number of hydrogen-bond acceptors (Lipinski definition) is 3. The molecule has 114 valence electrons. The predicted molar refractivity (Wildman–Crippen MR) is 88.8 cm³/mol. The molecule has 1 heterocycles. The molecule has 0 spiro atoms. The average Bonchev–Trinajstić information content (AvgIpc) is 2.87. The summed E-state index contributed by atoms with van der Waals surface area (Å²) in [4.78, 5) is 15.2. The monoisotopic (exact) mass is 306 g/mol. The molecule has 2 rings (SSSR count). The first-order valence-corrected chi connectivity index (χ1v) is 8.38. The lowest BCUT2D eigenvalue weighted by molar-refractivity contribution is -0.120. The lowest BCUT2D eigenvalue weighted by Gasteiger charge is -2.05. The van der Waals surface area contributed by atoms with E-state index in [4.69, 9.17) is 5.11 Å². The van der Waals surface area contributed by atoms with Gasteiger partial charge in [0.2, 0.25) is 5.91 Å². The van der Waals surface area contributed by atoms with Crippen LogP contribution in [0.15, 0.2) is 24.4 Å². The van der Waals surface area contributed by atoms with E-state index in [2.05, 4.69) is 23.3 Å². The van der Waals surface area contributed by atoms with Gasteiger partial charge in [0.25, 0.3) is 0 Å². The summed E-state index contributed by atoms with van der Waals surface area (Å²) in [6.07, 6.45) is 3.15. The zero-order chi connectivity index (χ0) is 15.1. The van der Waals surface area contributed by atoms with Crippen LogP contribution < -0.4 is 5.32 Å². The number of aromatic amines is 1. The van der Waals surface area contributed by atoms with Gasteiger partial charge in [0, 0.05) is 36.0 Å². The van der Waals surface area contributed by atoms with E-state index in [9.17, 15) is 4.79 Å². The topological polar surface area (TPSA) is 65.1 Å². The highest BCUT2D eigenvalue weighted by atomic mass is 32.2. The molecule has 0 atom stereocenters. The van der Waals surface area contributed by atoms with Crippen LogP contribution in [-0.2, 0) is 11.2 Å². The van der Waals surface area contributed by atoms with Crippen LogP contribution >= 0.6 is 11.8 Å². The van der Waals surface area contributed by atoms with Crippen molar-refractivity contribution < 1.29 is 9.90 Å². The molecule has 0 aliphatic heterocycles. The Bertz CT molecular complexity index is 595. The summed E-state index contributed by atoms with van der Waals surface area (Å²) in [5.74, 6) is 1.88. The normalized spacial score (nSPS) is 11.0. The van der Waals surface area contributed by atoms with E-state index < -0.39 is 0 Å². The van der Waals surface area contributed by atoms with Crippen LogP contribution in [0, 0.1) is 6.92 Å². The molecular formula is C16H22N2O2S. The van der Waals surface area contributed by atoms with Crippen LogP contribution in [0.25, 0.3) is 10.9 Å². The summed E-state index contributed by atoms with van der Waals surface area (Å²) in [6, 6.07) is 6.11. The molecule has 21 heavy (non-hydrogen) atoms. The molecule has 3 N–H and O–H groups in total. The Kier molecular flexibility index (Phi) is 6.14. The first kappa shape index (κ1) is 15.9. The molecule has 0 saturated heterocycles. The molecule has 5 heteroatoms. The van der Waals surface area contributed by atoms with Gasteiger partial charge in [-0.15, -0.1) is 0 Å². The van der Waals surface area contributed by atoms with Gasteiger partial charge in [-0.05, 0) is 36.3 Å².